The number of piperidine rings is 1. The van der Waals surface area contributed by atoms with Crippen LogP contribution in [0.15, 0.2) is 48.7 Å². The van der Waals surface area contributed by atoms with E-state index in [0.717, 1.165) is 23.9 Å². The topological polar surface area (TPSA) is 88.8 Å². The third-order valence-electron chi connectivity index (χ3n) is 5.79. The number of hydrogen-bond donors (Lipinski definition) is 1. The molecule has 0 aliphatic carbocycles. The Labute approximate surface area is 212 Å². The lowest BCUT2D eigenvalue weighted by Gasteiger charge is -2.32. The van der Waals surface area contributed by atoms with Gasteiger partial charge in [0, 0.05) is 30.6 Å². The minimum atomic E-state index is -0.707. The van der Waals surface area contributed by atoms with Crippen molar-refractivity contribution < 1.29 is 23.1 Å². The molecule has 1 fully saturated rings. The molecule has 0 atom stereocenters. The number of anilines is 2. The van der Waals surface area contributed by atoms with Gasteiger partial charge in [-0.15, -0.1) is 11.3 Å². The third kappa shape index (κ3) is 5.81. The van der Waals surface area contributed by atoms with Crippen molar-refractivity contribution in [3.05, 3.63) is 65.3 Å². The summed E-state index contributed by atoms with van der Waals surface area (Å²) in [4.78, 5) is 32.3. The molecule has 190 valence electrons. The number of aromatic nitrogens is 1. The van der Waals surface area contributed by atoms with Crippen LogP contribution >= 0.6 is 11.3 Å². The fourth-order valence-corrected chi connectivity index (χ4v) is 5.22. The van der Waals surface area contributed by atoms with E-state index >= 15 is 0 Å². The minimum Gasteiger partial charge on any atom is -0.444 e. The first kappa shape index (κ1) is 25.6. The highest BCUT2D eigenvalue weighted by Crippen LogP contribution is 2.38. The predicted molar refractivity (Wildman–Crippen MR) is 135 cm³/mol. The Bertz CT molecular complexity index is 1270. The van der Waals surface area contributed by atoms with Gasteiger partial charge in [-0.25, -0.2) is 23.4 Å². The second kappa shape index (κ2) is 10.2. The van der Waals surface area contributed by atoms with Gasteiger partial charge in [-0.05, 0) is 63.4 Å². The Balaban J connectivity index is 1.51. The Hall–Kier alpha value is -3.53. The monoisotopic (exact) mass is 514 g/mol. The summed E-state index contributed by atoms with van der Waals surface area (Å²) in [6.45, 7) is 6.62. The van der Waals surface area contributed by atoms with Crippen molar-refractivity contribution in [3.63, 3.8) is 0 Å². The van der Waals surface area contributed by atoms with Gasteiger partial charge in [0.2, 0.25) is 0 Å². The molecule has 2 aromatic carbocycles. The SMILES string of the molecule is CC(C)(C)OC(=O)N1CCC(c2ncc(N(C(N)=O)c3cccc(-c4ccc(F)cc4F)c3)s2)CC1. The van der Waals surface area contributed by atoms with Crippen LogP contribution in [0.1, 0.15) is 44.5 Å². The highest BCUT2D eigenvalue weighted by molar-refractivity contribution is 7.16. The van der Waals surface area contributed by atoms with Gasteiger partial charge in [0.15, 0.2) is 0 Å². The molecule has 0 bridgehead atoms. The molecule has 1 saturated heterocycles. The number of likely N-dealkylation sites (tertiary alicyclic amines) is 1. The molecule has 3 aromatic rings. The van der Waals surface area contributed by atoms with Crippen LogP contribution in [0.2, 0.25) is 0 Å². The summed E-state index contributed by atoms with van der Waals surface area (Å²) in [7, 11) is 0. The Morgan fingerprint density at radius 3 is 2.50 bits per heavy atom. The summed E-state index contributed by atoms with van der Waals surface area (Å²) in [6, 6.07) is 9.31. The van der Waals surface area contributed by atoms with Crippen molar-refractivity contribution in [1.82, 2.24) is 9.88 Å². The minimum absolute atomic E-state index is 0.136. The smallest absolute Gasteiger partial charge is 0.410 e. The molecule has 0 unspecified atom stereocenters. The third-order valence-corrected chi connectivity index (χ3v) is 6.94. The van der Waals surface area contributed by atoms with Gasteiger partial charge in [0.25, 0.3) is 0 Å². The average molecular weight is 515 g/mol. The molecule has 1 aromatic heterocycles. The second-order valence-corrected chi connectivity index (χ2v) is 10.7. The molecule has 1 aliphatic heterocycles. The molecule has 7 nitrogen and oxygen atoms in total. The zero-order valence-corrected chi connectivity index (χ0v) is 21.1. The van der Waals surface area contributed by atoms with E-state index < -0.39 is 23.3 Å². The van der Waals surface area contributed by atoms with Crippen LogP contribution < -0.4 is 10.6 Å². The van der Waals surface area contributed by atoms with Crippen molar-refractivity contribution in [1.29, 1.82) is 0 Å². The van der Waals surface area contributed by atoms with Crippen LogP contribution in [-0.2, 0) is 4.74 Å². The lowest BCUT2D eigenvalue weighted by Crippen LogP contribution is -2.41. The fourth-order valence-electron chi connectivity index (χ4n) is 4.11. The van der Waals surface area contributed by atoms with E-state index in [0.29, 0.717) is 29.3 Å². The standard InChI is InChI=1S/C26H28F2N4O3S/c1-26(2,3)35-25(34)31-11-9-16(10-12-31)23-30-15-22(36-23)32(24(29)33)19-6-4-5-17(13-19)20-8-7-18(27)14-21(20)28/h4-8,13-16H,9-12H2,1-3H3,(H2,29,33). The maximum atomic E-state index is 14.3. The molecule has 2 N–H and O–H groups in total. The number of nitrogens with zero attached hydrogens (tertiary/aromatic N) is 3. The van der Waals surface area contributed by atoms with E-state index in [2.05, 4.69) is 4.98 Å². The molecule has 4 rings (SSSR count). The van der Waals surface area contributed by atoms with Gasteiger partial charge >= 0.3 is 12.1 Å². The summed E-state index contributed by atoms with van der Waals surface area (Å²) in [5, 5.41) is 1.38. The Morgan fingerprint density at radius 1 is 1.14 bits per heavy atom. The van der Waals surface area contributed by atoms with Crippen LogP contribution in [-0.4, -0.2) is 40.7 Å². The van der Waals surface area contributed by atoms with Gasteiger partial charge in [-0.2, -0.15) is 0 Å². The molecule has 0 radical (unpaired) electrons. The van der Waals surface area contributed by atoms with E-state index in [1.54, 1.807) is 35.4 Å². The first-order chi connectivity index (χ1) is 17.0. The summed E-state index contributed by atoms with van der Waals surface area (Å²) >= 11 is 1.35. The lowest BCUT2D eigenvalue weighted by atomic mass is 9.98. The van der Waals surface area contributed by atoms with Gasteiger partial charge in [0.1, 0.15) is 22.2 Å². The second-order valence-electron chi connectivity index (χ2n) is 9.63. The molecule has 0 spiro atoms. The maximum Gasteiger partial charge on any atom is 0.410 e. The first-order valence-electron chi connectivity index (χ1n) is 11.6. The van der Waals surface area contributed by atoms with E-state index in [4.69, 9.17) is 10.5 Å². The van der Waals surface area contributed by atoms with Crippen molar-refractivity contribution in [2.75, 3.05) is 18.0 Å². The number of rotatable bonds is 4. The molecule has 3 amide bonds. The number of ether oxygens (including phenoxy) is 1. The number of thiazole rings is 1. The first-order valence-corrected chi connectivity index (χ1v) is 12.4. The normalized spacial score (nSPS) is 14.5. The average Bonchev–Trinajstić information content (AvgIpc) is 3.27. The molecular weight excluding hydrogens is 486 g/mol. The number of hydrogen-bond acceptors (Lipinski definition) is 5. The number of carbonyl (C=O) groups is 2. The summed E-state index contributed by atoms with van der Waals surface area (Å²) < 4.78 is 33.1. The van der Waals surface area contributed by atoms with Crippen LogP contribution in [0.4, 0.5) is 29.1 Å². The zero-order chi connectivity index (χ0) is 26.0. The number of urea groups is 1. The highest BCUT2D eigenvalue weighted by Gasteiger charge is 2.29. The van der Waals surface area contributed by atoms with Crippen molar-refractivity contribution in [3.8, 4) is 11.1 Å². The summed E-state index contributed by atoms with van der Waals surface area (Å²) in [5.41, 5.74) is 6.31. The molecular formula is C26H28F2N4O3S. The van der Waals surface area contributed by atoms with Crippen molar-refractivity contribution in [2.45, 2.75) is 45.1 Å². The highest BCUT2D eigenvalue weighted by atomic mass is 32.1. The predicted octanol–water partition coefficient (Wildman–Crippen LogP) is 6.42. The van der Waals surface area contributed by atoms with Gasteiger partial charge in [-0.1, -0.05) is 12.1 Å². The largest absolute Gasteiger partial charge is 0.444 e. The number of amides is 3. The van der Waals surface area contributed by atoms with Crippen molar-refractivity contribution >= 4 is 34.1 Å². The fraction of sp³-hybridized carbons (Fsp3) is 0.346. The van der Waals surface area contributed by atoms with Crippen LogP contribution in [0.3, 0.4) is 0 Å². The van der Waals surface area contributed by atoms with Crippen LogP contribution in [0.5, 0.6) is 0 Å². The van der Waals surface area contributed by atoms with Crippen LogP contribution in [0.25, 0.3) is 11.1 Å². The number of halogens is 2. The molecule has 1 aliphatic rings. The van der Waals surface area contributed by atoms with Gasteiger partial charge < -0.3 is 15.4 Å². The number of nitrogens with two attached hydrogens (primary N) is 1. The Kier molecular flexibility index (Phi) is 7.26. The van der Waals surface area contributed by atoms with Crippen LogP contribution in [0, 0.1) is 11.6 Å². The molecule has 2 heterocycles. The maximum absolute atomic E-state index is 14.3. The number of benzene rings is 2. The van der Waals surface area contributed by atoms with E-state index in [1.807, 2.05) is 20.8 Å². The van der Waals surface area contributed by atoms with Gasteiger partial charge in [0.05, 0.1) is 16.9 Å². The number of carbonyl (C=O) groups excluding carboxylic acids is 2. The summed E-state index contributed by atoms with van der Waals surface area (Å²) in [6.07, 6.45) is 2.72. The zero-order valence-electron chi connectivity index (χ0n) is 20.3. The van der Waals surface area contributed by atoms with E-state index in [1.165, 1.54) is 28.4 Å². The van der Waals surface area contributed by atoms with E-state index in [9.17, 15) is 18.4 Å². The summed E-state index contributed by atoms with van der Waals surface area (Å²) in [5.74, 6) is -1.23. The quantitative estimate of drug-likeness (QED) is 0.435. The Morgan fingerprint density at radius 2 is 1.86 bits per heavy atom. The van der Waals surface area contributed by atoms with Gasteiger partial charge in [-0.3, -0.25) is 4.90 Å². The molecule has 36 heavy (non-hydrogen) atoms. The van der Waals surface area contributed by atoms with Crippen molar-refractivity contribution in [2.24, 2.45) is 5.73 Å². The van der Waals surface area contributed by atoms with E-state index in [-0.39, 0.29) is 17.6 Å². The molecule has 0 saturated carbocycles. The lowest BCUT2D eigenvalue weighted by molar-refractivity contribution is 0.0204. The molecule has 10 heteroatoms. The number of primary amides is 1.